The molecular formula is C7H15NOS. The van der Waals surface area contributed by atoms with Crippen molar-refractivity contribution in [2.24, 2.45) is 0 Å². The van der Waals surface area contributed by atoms with Gasteiger partial charge in [-0.3, -0.25) is 4.21 Å². The zero-order valence-electron chi connectivity index (χ0n) is 6.89. The second kappa shape index (κ2) is 2.62. The summed E-state index contributed by atoms with van der Waals surface area (Å²) in [5, 5.41) is 0. The largest absolute Gasteiger partial charge is 0.303 e. The van der Waals surface area contributed by atoms with Crippen LogP contribution in [0.15, 0.2) is 0 Å². The predicted octanol–water partition coefficient (Wildman–Crippen LogP) is 0.459. The molecule has 0 aromatic rings. The molecule has 0 radical (unpaired) electrons. The van der Waals surface area contributed by atoms with E-state index in [1.54, 1.807) is 0 Å². The van der Waals surface area contributed by atoms with Gasteiger partial charge in [0.05, 0.1) is 0 Å². The van der Waals surface area contributed by atoms with Crippen molar-refractivity contribution in [1.82, 2.24) is 4.90 Å². The van der Waals surface area contributed by atoms with Gasteiger partial charge >= 0.3 is 0 Å². The molecule has 2 nitrogen and oxygen atoms in total. The van der Waals surface area contributed by atoms with Crippen molar-refractivity contribution in [3.63, 3.8) is 0 Å². The molecule has 0 amide bonds. The fourth-order valence-corrected chi connectivity index (χ4v) is 3.09. The Bertz CT molecular complexity index is 158. The van der Waals surface area contributed by atoms with E-state index in [2.05, 4.69) is 25.9 Å². The maximum atomic E-state index is 11.0. The summed E-state index contributed by atoms with van der Waals surface area (Å²) >= 11 is 0. The molecule has 3 heteroatoms. The number of hydrogen-bond donors (Lipinski definition) is 0. The summed E-state index contributed by atoms with van der Waals surface area (Å²) in [5.41, 5.74) is 0.199. The van der Waals surface area contributed by atoms with Gasteiger partial charge in [-0.1, -0.05) is 0 Å². The Morgan fingerprint density at radius 1 is 1.50 bits per heavy atom. The van der Waals surface area contributed by atoms with Gasteiger partial charge in [0, 0.05) is 27.8 Å². The highest BCUT2D eigenvalue weighted by atomic mass is 32.2. The van der Waals surface area contributed by atoms with Gasteiger partial charge < -0.3 is 4.90 Å². The summed E-state index contributed by atoms with van der Waals surface area (Å²) in [7, 11) is 3.56. The highest BCUT2D eigenvalue weighted by molar-refractivity contribution is 7.85. The number of rotatable bonds is 1. The first-order chi connectivity index (χ1) is 4.54. The van der Waals surface area contributed by atoms with Gasteiger partial charge in [0.15, 0.2) is 0 Å². The SMILES string of the molecule is CN(C)C1(C)CCS(=O)C1. The molecule has 0 aliphatic carbocycles. The first-order valence-corrected chi connectivity index (χ1v) is 5.06. The molecular weight excluding hydrogens is 146 g/mol. The van der Waals surface area contributed by atoms with E-state index in [1.807, 2.05) is 0 Å². The zero-order valence-corrected chi connectivity index (χ0v) is 7.70. The predicted molar refractivity (Wildman–Crippen MR) is 44.6 cm³/mol. The Morgan fingerprint density at radius 2 is 2.10 bits per heavy atom. The average molecular weight is 161 g/mol. The van der Waals surface area contributed by atoms with Gasteiger partial charge in [0.25, 0.3) is 0 Å². The molecule has 2 atom stereocenters. The van der Waals surface area contributed by atoms with E-state index in [0.29, 0.717) is 0 Å². The van der Waals surface area contributed by atoms with Crippen molar-refractivity contribution >= 4 is 10.8 Å². The second-order valence-electron chi connectivity index (χ2n) is 3.43. The molecule has 0 aromatic carbocycles. The van der Waals surface area contributed by atoms with Gasteiger partial charge in [0.2, 0.25) is 0 Å². The van der Waals surface area contributed by atoms with Crippen LogP contribution in [-0.4, -0.2) is 40.2 Å². The van der Waals surface area contributed by atoms with Crippen LogP contribution in [0.4, 0.5) is 0 Å². The fourth-order valence-electron chi connectivity index (χ4n) is 1.18. The van der Waals surface area contributed by atoms with Gasteiger partial charge in [-0.2, -0.15) is 0 Å². The van der Waals surface area contributed by atoms with Crippen LogP contribution in [0.2, 0.25) is 0 Å². The molecule has 0 N–H and O–H groups in total. The van der Waals surface area contributed by atoms with Crippen molar-refractivity contribution in [1.29, 1.82) is 0 Å². The molecule has 1 fully saturated rings. The molecule has 10 heavy (non-hydrogen) atoms. The minimum atomic E-state index is -0.555. The molecule has 0 bridgehead atoms. The van der Waals surface area contributed by atoms with Crippen LogP contribution in [0, 0.1) is 0 Å². The molecule has 1 saturated heterocycles. The normalized spacial score (nSPS) is 41.0. The molecule has 0 spiro atoms. The lowest BCUT2D eigenvalue weighted by molar-refractivity contribution is 0.203. The maximum Gasteiger partial charge on any atom is 0.0417 e. The van der Waals surface area contributed by atoms with Crippen LogP contribution in [0.5, 0.6) is 0 Å². The summed E-state index contributed by atoms with van der Waals surface area (Å²) in [4.78, 5) is 2.18. The summed E-state index contributed by atoms with van der Waals surface area (Å²) in [6.07, 6.45) is 1.08. The van der Waals surface area contributed by atoms with Gasteiger partial charge in [-0.25, -0.2) is 0 Å². The minimum Gasteiger partial charge on any atom is -0.303 e. The topological polar surface area (TPSA) is 20.3 Å². The maximum absolute atomic E-state index is 11.0. The average Bonchev–Trinajstić information content (AvgIpc) is 2.13. The van der Waals surface area contributed by atoms with Crippen LogP contribution in [0.25, 0.3) is 0 Å². The summed E-state index contributed by atoms with van der Waals surface area (Å²) in [6.45, 7) is 2.18. The summed E-state index contributed by atoms with van der Waals surface area (Å²) in [5.74, 6) is 1.73. The monoisotopic (exact) mass is 161 g/mol. The van der Waals surface area contributed by atoms with E-state index < -0.39 is 10.8 Å². The third kappa shape index (κ3) is 1.40. The quantitative estimate of drug-likeness (QED) is 0.557. The van der Waals surface area contributed by atoms with E-state index in [4.69, 9.17) is 0 Å². The lowest BCUT2D eigenvalue weighted by atomic mass is 10.0. The third-order valence-corrected chi connectivity index (χ3v) is 4.02. The molecule has 60 valence electrons. The molecule has 1 heterocycles. The lowest BCUT2D eigenvalue weighted by Gasteiger charge is -2.30. The van der Waals surface area contributed by atoms with Crippen LogP contribution in [0.1, 0.15) is 13.3 Å². The Morgan fingerprint density at radius 3 is 2.30 bits per heavy atom. The Balaban J connectivity index is 2.63. The fraction of sp³-hybridized carbons (Fsp3) is 1.00. The summed E-state index contributed by atoms with van der Waals surface area (Å²) < 4.78 is 11.0. The minimum absolute atomic E-state index is 0.199. The highest BCUT2D eigenvalue weighted by Gasteiger charge is 2.34. The second-order valence-corrected chi connectivity index (χ2v) is 5.01. The smallest absolute Gasteiger partial charge is 0.0417 e. The summed E-state index contributed by atoms with van der Waals surface area (Å²) in [6, 6.07) is 0. The number of hydrogen-bond acceptors (Lipinski definition) is 2. The Hall–Kier alpha value is 0.110. The van der Waals surface area contributed by atoms with E-state index in [0.717, 1.165) is 17.9 Å². The standard InChI is InChI=1S/C7H15NOS/c1-7(8(2)3)4-5-10(9)6-7/h4-6H2,1-3H3. The lowest BCUT2D eigenvalue weighted by Crippen LogP contribution is -2.41. The van der Waals surface area contributed by atoms with Gasteiger partial charge in [0.1, 0.15) is 0 Å². The number of nitrogens with zero attached hydrogens (tertiary/aromatic N) is 1. The van der Waals surface area contributed by atoms with Crippen LogP contribution in [0.3, 0.4) is 0 Å². The van der Waals surface area contributed by atoms with Crippen LogP contribution < -0.4 is 0 Å². The third-order valence-electron chi connectivity index (χ3n) is 2.42. The van der Waals surface area contributed by atoms with E-state index in [9.17, 15) is 4.21 Å². The van der Waals surface area contributed by atoms with Crippen molar-refractivity contribution in [3.05, 3.63) is 0 Å². The van der Waals surface area contributed by atoms with Crippen molar-refractivity contribution < 1.29 is 4.21 Å². The zero-order chi connectivity index (χ0) is 7.78. The van der Waals surface area contributed by atoms with Crippen molar-refractivity contribution in [2.75, 3.05) is 25.6 Å². The van der Waals surface area contributed by atoms with E-state index in [1.165, 1.54) is 0 Å². The van der Waals surface area contributed by atoms with Crippen LogP contribution in [-0.2, 0) is 10.8 Å². The Kier molecular flexibility index (Phi) is 2.15. The van der Waals surface area contributed by atoms with Gasteiger partial charge in [-0.15, -0.1) is 0 Å². The van der Waals surface area contributed by atoms with Crippen molar-refractivity contribution in [3.8, 4) is 0 Å². The Labute approximate surface area is 65.1 Å². The first-order valence-electron chi connectivity index (χ1n) is 3.57. The molecule has 1 aliphatic rings. The van der Waals surface area contributed by atoms with Crippen LogP contribution >= 0.6 is 0 Å². The van der Waals surface area contributed by atoms with E-state index >= 15 is 0 Å². The van der Waals surface area contributed by atoms with E-state index in [-0.39, 0.29) is 5.54 Å². The molecule has 2 unspecified atom stereocenters. The highest BCUT2D eigenvalue weighted by Crippen LogP contribution is 2.24. The molecule has 0 saturated carbocycles. The molecule has 0 aromatic heterocycles. The molecule has 1 aliphatic heterocycles. The first kappa shape index (κ1) is 8.21. The molecule has 1 rings (SSSR count). The van der Waals surface area contributed by atoms with Gasteiger partial charge in [-0.05, 0) is 27.4 Å². The van der Waals surface area contributed by atoms with Crippen molar-refractivity contribution in [2.45, 2.75) is 18.9 Å².